The van der Waals surface area contributed by atoms with Gasteiger partial charge in [-0.3, -0.25) is 13.9 Å². The largest absolute Gasteiger partial charge is 0.332 e. The summed E-state index contributed by atoms with van der Waals surface area (Å²) in [6.45, 7) is 6.08. The molecule has 0 N–H and O–H groups in total. The molecular formula is C19H23N5O2. The Morgan fingerprint density at radius 3 is 2.58 bits per heavy atom. The molecule has 0 bridgehead atoms. The Morgan fingerprint density at radius 2 is 1.88 bits per heavy atom. The topological polar surface area (TPSA) is 65.1 Å². The van der Waals surface area contributed by atoms with Crippen molar-refractivity contribution >= 4 is 22.8 Å². The number of rotatable bonds is 3. The molecule has 1 aliphatic rings. The van der Waals surface area contributed by atoms with Gasteiger partial charge in [0.2, 0.25) is 5.95 Å². The Bertz CT molecular complexity index is 1080. The second kappa shape index (κ2) is 6.16. The summed E-state index contributed by atoms with van der Waals surface area (Å²) in [6.07, 6.45) is 0.730. The molecule has 136 valence electrons. The average molecular weight is 353 g/mol. The molecule has 0 aliphatic carbocycles. The average Bonchev–Trinajstić information content (AvgIpc) is 3.03. The van der Waals surface area contributed by atoms with Crippen LogP contribution in [0.25, 0.3) is 11.2 Å². The highest BCUT2D eigenvalue weighted by atomic mass is 16.2. The van der Waals surface area contributed by atoms with Crippen molar-refractivity contribution in [2.24, 2.45) is 13.0 Å². The van der Waals surface area contributed by atoms with E-state index in [1.165, 1.54) is 9.13 Å². The lowest BCUT2D eigenvalue weighted by Gasteiger charge is -2.32. The molecule has 0 fully saturated rings. The van der Waals surface area contributed by atoms with E-state index in [0.29, 0.717) is 30.2 Å². The Labute approximate surface area is 151 Å². The van der Waals surface area contributed by atoms with Crippen molar-refractivity contribution in [3.63, 3.8) is 0 Å². The standard InChI is InChI=1S/C19H23N5O2/c1-4-10-22-17(25)15-16(21(3)19(22)26)20-18-23(11-13(2)12-24(15)18)14-8-6-5-7-9-14/h5-9,13H,4,10-12H2,1-3H3/t13-/m0/s1. The molecule has 3 heterocycles. The molecule has 0 radical (unpaired) electrons. The smallest absolute Gasteiger partial charge is 0.312 e. The fourth-order valence-corrected chi connectivity index (χ4v) is 3.75. The van der Waals surface area contributed by atoms with Crippen molar-refractivity contribution in [3.8, 4) is 0 Å². The summed E-state index contributed by atoms with van der Waals surface area (Å²) in [5.74, 6) is 1.09. The zero-order valence-electron chi connectivity index (χ0n) is 15.3. The molecule has 1 aliphatic heterocycles. The third kappa shape index (κ3) is 2.38. The number of imidazole rings is 1. The van der Waals surface area contributed by atoms with Gasteiger partial charge >= 0.3 is 5.69 Å². The molecule has 0 unspecified atom stereocenters. The Hall–Kier alpha value is -2.83. The van der Waals surface area contributed by atoms with Crippen LogP contribution in [0.4, 0.5) is 11.6 Å². The van der Waals surface area contributed by atoms with Gasteiger partial charge in [-0.1, -0.05) is 32.0 Å². The minimum Gasteiger partial charge on any atom is -0.312 e. The molecule has 7 heteroatoms. The van der Waals surface area contributed by atoms with Gasteiger partial charge in [-0.15, -0.1) is 0 Å². The van der Waals surface area contributed by atoms with Crippen molar-refractivity contribution in [2.75, 3.05) is 11.4 Å². The van der Waals surface area contributed by atoms with E-state index in [4.69, 9.17) is 4.98 Å². The summed E-state index contributed by atoms with van der Waals surface area (Å²) in [5.41, 5.74) is 1.46. The van der Waals surface area contributed by atoms with Crippen molar-refractivity contribution in [1.29, 1.82) is 0 Å². The molecule has 0 spiro atoms. The van der Waals surface area contributed by atoms with Crippen LogP contribution in [0.3, 0.4) is 0 Å². The molecule has 2 aromatic heterocycles. The van der Waals surface area contributed by atoms with E-state index in [1.807, 2.05) is 41.8 Å². The van der Waals surface area contributed by atoms with Gasteiger partial charge in [-0.05, 0) is 24.5 Å². The van der Waals surface area contributed by atoms with Crippen molar-refractivity contribution < 1.29 is 0 Å². The fraction of sp³-hybridized carbons (Fsp3) is 0.421. The van der Waals surface area contributed by atoms with E-state index in [1.54, 1.807) is 7.05 Å². The lowest BCUT2D eigenvalue weighted by atomic mass is 10.1. The number of nitrogens with zero attached hydrogens (tertiary/aromatic N) is 5. The first kappa shape index (κ1) is 16.6. The monoisotopic (exact) mass is 353 g/mol. The molecule has 3 aromatic rings. The van der Waals surface area contributed by atoms with Crippen LogP contribution in [0.5, 0.6) is 0 Å². The van der Waals surface area contributed by atoms with E-state index in [9.17, 15) is 9.59 Å². The van der Waals surface area contributed by atoms with E-state index in [0.717, 1.165) is 24.6 Å². The van der Waals surface area contributed by atoms with Crippen LogP contribution in [-0.4, -0.2) is 25.2 Å². The minimum atomic E-state index is -0.306. The summed E-state index contributed by atoms with van der Waals surface area (Å²) in [4.78, 5) is 32.5. The lowest BCUT2D eigenvalue weighted by Crippen LogP contribution is -2.40. The third-order valence-electron chi connectivity index (χ3n) is 4.96. The number of hydrogen-bond donors (Lipinski definition) is 0. The number of para-hydroxylation sites is 1. The first-order valence-electron chi connectivity index (χ1n) is 9.05. The zero-order valence-corrected chi connectivity index (χ0v) is 15.3. The Kier molecular flexibility index (Phi) is 3.94. The van der Waals surface area contributed by atoms with Gasteiger partial charge in [0.05, 0.1) is 0 Å². The van der Waals surface area contributed by atoms with Gasteiger partial charge in [0.1, 0.15) is 0 Å². The predicted molar refractivity (Wildman–Crippen MR) is 102 cm³/mol. The van der Waals surface area contributed by atoms with Crippen LogP contribution >= 0.6 is 0 Å². The summed E-state index contributed by atoms with van der Waals surface area (Å²) >= 11 is 0. The van der Waals surface area contributed by atoms with Crippen LogP contribution < -0.4 is 16.1 Å². The maximum absolute atomic E-state index is 13.0. The number of aryl methyl sites for hydroxylation is 1. The summed E-state index contributed by atoms with van der Waals surface area (Å²) in [5, 5.41) is 0. The van der Waals surface area contributed by atoms with Crippen molar-refractivity contribution in [3.05, 3.63) is 51.2 Å². The van der Waals surface area contributed by atoms with E-state index < -0.39 is 0 Å². The molecule has 26 heavy (non-hydrogen) atoms. The minimum absolute atomic E-state index is 0.245. The second-order valence-electron chi connectivity index (χ2n) is 7.04. The molecule has 7 nitrogen and oxygen atoms in total. The quantitative estimate of drug-likeness (QED) is 0.723. The molecule has 4 rings (SSSR count). The van der Waals surface area contributed by atoms with Crippen LogP contribution in [0.2, 0.25) is 0 Å². The molecule has 0 saturated heterocycles. The highest BCUT2D eigenvalue weighted by Gasteiger charge is 2.29. The zero-order chi connectivity index (χ0) is 18.4. The molecule has 0 saturated carbocycles. The van der Waals surface area contributed by atoms with E-state index in [2.05, 4.69) is 11.8 Å². The van der Waals surface area contributed by atoms with Crippen molar-refractivity contribution in [2.45, 2.75) is 33.4 Å². The molecule has 1 atom stereocenters. The second-order valence-corrected chi connectivity index (χ2v) is 7.04. The van der Waals surface area contributed by atoms with Gasteiger partial charge in [-0.25, -0.2) is 4.79 Å². The van der Waals surface area contributed by atoms with Crippen LogP contribution in [0.15, 0.2) is 39.9 Å². The lowest BCUT2D eigenvalue weighted by molar-refractivity contribution is 0.457. The van der Waals surface area contributed by atoms with Gasteiger partial charge in [-0.2, -0.15) is 4.98 Å². The fourth-order valence-electron chi connectivity index (χ4n) is 3.75. The third-order valence-corrected chi connectivity index (χ3v) is 4.96. The Morgan fingerprint density at radius 1 is 1.15 bits per heavy atom. The number of benzene rings is 1. The van der Waals surface area contributed by atoms with Gasteiger partial charge < -0.3 is 9.47 Å². The van der Waals surface area contributed by atoms with Gasteiger partial charge in [0, 0.05) is 32.4 Å². The van der Waals surface area contributed by atoms with Crippen LogP contribution in [0.1, 0.15) is 20.3 Å². The number of anilines is 2. The Balaban J connectivity index is 2.03. The first-order valence-corrected chi connectivity index (χ1v) is 9.05. The van der Waals surface area contributed by atoms with E-state index >= 15 is 0 Å². The highest BCUT2D eigenvalue weighted by molar-refractivity contribution is 5.77. The van der Waals surface area contributed by atoms with Gasteiger partial charge in [0.15, 0.2) is 11.2 Å². The summed E-state index contributed by atoms with van der Waals surface area (Å²) in [6, 6.07) is 10.0. The SMILES string of the molecule is CCCn1c(=O)c2c(nc3n2C[C@@H](C)CN3c2ccccc2)n(C)c1=O. The number of aromatic nitrogens is 4. The molecular weight excluding hydrogens is 330 g/mol. The molecule has 0 amide bonds. The first-order chi connectivity index (χ1) is 12.5. The van der Waals surface area contributed by atoms with E-state index in [-0.39, 0.29) is 11.2 Å². The maximum atomic E-state index is 13.0. The predicted octanol–water partition coefficient (Wildman–Crippen LogP) is 2.09. The summed E-state index contributed by atoms with van der Waals surface area (Å²) < 4.78 is 4.79. The summed E-state index contributed by atoms with van der Waals surface area (Å²) in [7, 11) is 1.69. The van der Waals surface area contributed by atoms with Crippen LogP contribution in [0, 0.1) is 5.92 Å². The van der Waals surface area contributed by atoms with Crippen molar-refractivity contribution in [1.82, 2.24) is 18.7 Å². The highest BCUT2D eigenvalue weighted by Crippen LogP contribution is 2.32. The normalized spacial score (nSPS) is 16.9. The number of hydrogen-bond acceptors (Lipinski definition) is 4. The van der Waals surface area contributed by atoms with Gasteiger partial charge in [0.25, 0.3) is 5.56 Å². The van der Waals surface area contributed by atoms with Crippen LogP contribution in [-0.2, 0) is 20.1 Å². The maximum Gasteiger partial charge on any atom is 0.332 e. The molecule has 1 aromatic carbocycles. The number of fused-ring (bicyclic) bond motifs is 3.